The molecule has 5 nitrogen and oxygen atoms in total. The SMILES string of the molecule is CC(CCN)c1sc(-c2ccncc2)nc1-c1cnn(C)c1. The third-order valence-electron chi connectivity index (χ3n) is 3.61. The molecule has 3 aromatic heterocycles. The topological polar surface area (TPSA) is 69.6 Å². The van der Waals surface area contributed by atoms with E-state index in [9.17, 15) is 0 Å². The van der Waals surface area contributed by atoms with Gasteiger partial charge in [-0.05, 0) is 31.0 Å². The van der Waals surface area contributed by atoms with Crippen LogP contribution in [0.15, 0.2) is 36.9 Å². The molecule has 0 aromatic carbocycles. The van der Waals surface area contributed by atoms with Crippen molar-refractivity contribution in [1.29, 1.82) is 0 Å². The molecule has 0 aliphatic carbocycles. The number of hydrogen-bond donors (Lipinski definition) is 1. The molecule has 0 saturated carbocycles. The monoisotopic (exact) mass is 313 g/mol. The summed E-state index contributed by atoms with van der Waals surface area (Å²) in [4.78, 5) is 10.2. The Morgan fingerprint density at radius 3 is 2.68 bits per heavy atom. The summed E-state index contributed by atoms with van der Waals surface area (Å²) in [6.45, 7) is 2.88. The Bertz CT molecular complexity index is 747. The first-order chi connectivity index (χ1) is 10.7. The van der Waals surface area contributed by atoms with Crippen molar-refractivity contribution in [2.75, 3.05) is 6.54 Å². The lowest BCUT2D eigenvalue weighted by molar-refractivity contribution is 0.701. The van der Waals surface area contributed by atoms with E-state index < -0.39 is 0 Å². The molecule has 0 aliphatic heterocycles. The van der Waals surface area contributed by atoms with E-state index in [1.807, 2.05) is 31.6 Å². The Balaban J connectivity index is 2.08. The van der Waals surface area contributed by atoms with E-state index in [0.717, 1.165) is 28.2 Å². The van der Waals surface area contributed by atoms with Crippen molar-refractivity contribution >= 4 is 11.3 Å². The standard InChI is InChI=1S/C16H19N5S/c1-11(3-6-17)15-14(13-9-19-21(2)10-13)20-16(22-15)12-4-7-18-8-5-12/h4-5,7-11H,3,6,17H2,1-2H3. The molecule has 0 bridgehead atoms. The number of aromatic nitrogens is 4. The second-order valence-electron chi connectivity index (χ2n) is 5.35. The predicted octanol–water partition coefficient (Wildman–Crippen LogP) is 3.06. The van der Waals surface area contributed by atoms with Crippen molar-refractivity contribution in [1.82, 2.24) is 19.7 Å². The van der Waals surface area contributed by atoms with Crippen LogP contribution in [0.1, 0.15) is 24.1 Å². The van der Waals surface area contributed by atoms with Crippen molar-refractivity contribution in [3.05, 3.63) is 41.8 Å². The van der Waals surface area contributed by atoms with Crippen LogP contribution in [0.4, 0.5) is 0 Å². The van der Waals surface area contributed by atoms with Gasteiger partial charge in [-0.15, -0.1) is 11.3 Å². The van der Waals surface area contributed by atoms with Crippen molar-refractivity contribution in [2.24, 2.45) is 12.8 Å². The van der Waals surface area contributed by atoms with Crippen LogP contribution in [0.2, 0.25) is 0 Å². The molecule has 114 valence electrons. The van der Waals surface area contributed by atoms with E-state index >= 15 is 0 Å². The fourth-order valence-electron chi connectivity index (χ4n) is 2.42. The van der Waals surface area contributed by atoms with Crippen LogP contribution in [0.5, 0.6) is 0 Å². The molecule has 1 atom stereocenters. The van der Waals surface area contributed by atoms with Crippen LogP contribution in [0.25, 0.3) is 21.8 Å². The smallest absolute Gasteiger partial charge is 0.124 e. The van der Waals surface area contributed by atoms with E-state index in [2.05, 4.69) is 17.0 Å². The van der Waals surface area contributed by atoms with Gasteiger partial charge in [0.25, 0.3) is 0 Å². The van der Waals surface area contributed by atoms with Crippen molar-refractivity contribution in [2.45, 2.75) is 19.3 Å². The normalized spacial score (nSPS) is 12.5. The van der Waals surface area contributed by atoms with Gasteiger partial charge in [-0.1, -0.05) is 6.92 Å². The van der Waals surface area contributed by atoms with Gasteiger partial charge in [0.15, 0.2) is 0 Å². The molecule has 3 aromatic rings. The maximum absolute atomic E-state index is 5.74. The van der Waals surface area contributed by atoms with E-state index in [0.29, 0.717) is 12.5 Å². The number of nitrogens with zero attached hydrogens (tertiary/aromatic N) is 4. The quantitative estimate of drug-likeness (QED) is 0.786. The average Bonchev–Trinajstić information content (AvgIpc) is 3.14. The highest BCUT2D eigenvalue weighted by atomic mass is 32.1. The summed E-state index contributed by atoms with van der Waals surface area (Å²) in [5.74, 6) is 0.383. The molecule has 0 amide bonds. The number of rotatable bonds is 5. The molecular weight excluding hydrogens is 294 g/mol. The maximum atomic E-state index is 5.74. The lowest BCUT2D eigenvalue weighted by Gasteiger charge is -2.08. The third-order valence-corrected chi connectivity index (χ3v) is 4.94. The van der Waals surface area contributed by atoms with Crippen LogP contribution in [-0.4, -0.2) is 26.3 Å². The minimum Gasteiger partial charge on any atom is -0.330 e. The minimum absolute atomic E-state index is 0.383. The third kappa shape index (κ3) is 2.93. The van der Waals surface area contributed by atoms with Crippen molar-refractivity contribution in [3.8, 4) is 21.8 Å². The summed E-state index contributed by atoms with van der Waals surface area (Å²) in [7, 11) is 1.92. The van der Waals surface area contributed by atoms with E-state index in [4.69, 9.17) is 10.7 Å². The Kier molecular flexibility index (Phi) is 4.31. The zero-order valence-corrected chi connectivity index (χ0v) is 13.5. The fraction of sp³-hybridized carbons (Fsp3) is 0.312. The van der Waals surface area contributed by atoms with E-state index in [-0.39, 0.29) is 0 Å². The number of hydrogen-bond acceptors (Lipinski definition) is 5. The maximum Gasteiger partial charge on any atom is 0.124 e. The molecule has 0 spiro atoms. The molecule has 0 fully saturated rings. The largest absolute Gasteiger partial charge is 0.330 e. The molecule has 3 heterocycles. The zero-order valence-electron chi connectivity index (χ0n) is 12.7. The molecule has 3 rings (SSSR count). The number of aryl methyl sites for hydroxylation is 1. The molecule has 0 radical (unpaired) electrons. The first-order valence-electron chi connectivity index (χ1n) is 7.29. The summed E-state index contributed by atoms with van der Waals surface area (Å²) in [5.41, 5.74) is 8.90. The molecule has 2 N–H and O–H groups in total. The van der Waals surface area contributed by atoms with Gasteiger partial charge in [0.05, 0.1) is 11.9 Å². The summed E-state index contributed by atoms with van der Waals surface area (Å²) >= 11 is 1.73. The van der Waals surface area contributed by atoms with Crippen LogP contribution in [0.3, 0.4) is 0 Å². The van der Waals surface area contributed by atoms with Crippen molar-refractivity contribution < 1.29 is 0 Å². The molecular formula is C16H19N5S. The molecule has 22 heavy (non-hydrogen) atoms. The summed E-state index contributed by atoms with van der Waals surface area (Å²) < 4.78 is 1.80. The van der Waals surface area contributed by atoms with Gasteiger partial charge in [-0.3, -0.25) is 9.67 Å². The Morgan fingerprint density at radius 2 is 2.05 bits per heavy atom. The van der Waals surface area contributed by atoms with Crippen LogP contribution in [-0.2, 0) is 7.05 Å². The van der Waals surface area contributed by atoms with Crippen molar-refractivity contribution in [3.63, 3.8) is 0 Å². The number of thiazole rings is 1. The first kappa shape index (κ1) is 14.9. The Labute approximate surface area is 133 Å². The second kappa shape index (κ2) is 6.37. The van der Waals surface area contributed by atoms with Gasteiger partial charge in [-0.2, -0.15) is 5.10 Å². The lowest BCUT2D eigenvalue weighted by atomic mass is 10.0. The van der Waals surface area contributed by atoms with Gasteiger partial charge in [0, 0.05) is 41.6 Å². The van der Waals surface area contributed by atoms with Gasteiger partial charge in [0.1, 0.15) is 5.01 Å². The van der Waals surface area contributed by atoms with Gasteiger partial charge in [-0.25, -0.2) is 4.98 Å². The lowest BCUT2D eigenvalue weighted by Crippen LogP contribution is -2.04. The van der Waals surface area contributed by atoms with Gasteiger partial charge >= 0.3 is 0 Å². The highest BCUT2D eigenvalue weighted by Crippen LogP contribution is 2.38. The Hall–Kier alpha value is -2.05. The highest BCUT2D eigenvalue weighted by molar-refractivity contribution is 7.15. The minimum atomic E-state index is 0.383. The van der Waals surface area contributed by atoms with Crippen LogP contribution in [0, 0.1) is 0 Å². The summed E-state index contributed by atoms with van der Waals surface area (Å²) in [6.07, 6.45) is 8.41. The first-order valence-corrected chi connectivity index (χ1v) is 8.11. The summed E-state index contributed by atoms with van der Waals surface area (Å²) in [5, 5.41) is 5.28. The van der Waals surface area contributed by atoms with Gasteiger partial charge in [0.2, 0.25) is 0 Å². The molecule has 0 aliphatic rings. The average molecular weight is 313 g/mol. The predicted molar refractivity (Wildman–Crippen MR) is 89.6 cm³/mol. The fourth-order valence-corrected chi connectivity index (χ4v) is 3.59. The zero-order chi connectivity index (χ0) is 15.5. The Morgan fingerprint density at radius 1 is 1.27 bits per heavy atom. The second-order valence-corrected chi connectivity index (χ2v) is 6.38. The van der Waals surface area contributed by atoms with E-state index in [1.54, 1.807) is 28.4 Å². The molecule has 0 saturated heterocycles. The molecule has 6 heteroatoms. The van der Waals surface area contributed by atoms with Crippen LogP contribution < -0.4 is 5.73 Å². The number of nitrogens with two attached hydrogens (primary N) is 1. The van der Waals surface area contributed by atoms with E-state index in [1.165, 1.54) is 4.88 Å². The van der Waals surface area contributed by atoms with Gasteiger partial charge < -0.3 is 5.73 Å². The summed E-state index contributed by atoms with van der Waals surface area (Å²) in [6, 6.07) is 3.98. The van der Waals surface area contributed by atoms with Crippen LogP contribution >= 0.6 is 11.3 Å². The highest BCUT2D eigenvalue weighted by Gasteiger charge is 2.19. The number of pyridine rings is 1. The molecule has 1 unspecified atom stereocenters.